The van der Waals surface area contributed by atoms with Gasteiger partial charge in [-0.3, -0.25) is 9.89 Å². The average Bonchev–Trinajstić information content (AvgIpc) is 2.79. The molecule has 2 aromatic rings. The molecule has 0 spiro atoms. The van der Waals surface area contributed by atoms with Gasteiger partial charge in [0.15, 0.2) is 0 Å². The molecule has 22 heavy (non-hydrogen) atoms. The van der Waals surface area contributed by atoms with E-state index >= 15 is 0 Å². The van der Waals surface area contributed by atoms with Crippen molar-refractivity contribution in [2.24, 2.45) is 5.92 Å². The van der Waals surface area contributed by atoms with Gasteiger partial charge in [0.25, 0.3) is 0 Å². The average molecular weight is 297 g/mol. The van der Waals surface area contributed by atoms with Crippen molar-refractivity contribution in [3.8, 4) is 11.3 Å². The lowest BCUT2D eigenvalue weighted by Gasteiger charge is -2.24. The summed E-state index contributed by atoms with van der Waals surface area (Å²) in [5.74, 6) is 0.305. The molecule has 1 amide bonds. The smallest absolute Gasteiger partial charge is 0.227 e. The van der Waals surface area contributed by atoms with Crippen LogP contribution < -0.4 is 5.32 Å². The lowest BCUT2D eigenvalue weighted by Crippen LogP contribution is -2.28. The van der Waals surface area contributed by atoms with E-state index in [1.165, 1.54) is 11.1 Å². The van der Waals surface area contributed by atoms with E-state index in [4.69, 9.17) is 0 Å². The highest BCUT2D eigenvalue weighted by molar-refractivity contribution is 5.97. The Morgan fingerprint density at radius 3 is 2.73 bits per heavy atom. The minimum atomic E-state index is 0.133. The van der Waals surface area contributed by atoms with Crippen LogP contribution in [-0.2, 0) is 11.2 Å². The van der Waals surface area contributed by atoms with Gasteiger partial charge >= 0.3 is 0 Å². The highest BCUT2D eigenvalue weighted by Crippen LogP contribution is 2.34. The van der Waals surface area contributed by atoms with Crippen molar-refractivity contribution in [1.82, 2.24) is 10.2 Å². The third-order valence-corrected chi connectivity index (χ3v) is 4.56. The molecular formula is C18H23N3O. The number of carbonyl (C=O) groups excluding carboxylic acids is 1. The molecule has 0 radical (unpaired) electrons. The Kier molecular flexibility index (Phi) is 4.01. The molecule has 0 aliphatic heterocycles. The van der Waals surface area contributed by atoms with E-state index in [1.807, 2.05) is 0 Å². The number of benzene rings is 1. The van der Waals surface area contributed by atoms with Crippen LogP contribution in [0, 0.1) is 19.8 Å². The number of carbonyl (C=O) groups is 1. The van der Waals surface area contributed by atoms with Gasteiger partial charge in [0.05, 0.1) is 11.4 Å². The first-order valence-corrected chi connectivity index (χ1v) is 8.06. The van der Waals surface area contributed by atoms with Crippen molar-refractivity contribution < 1.29 is 4.79 Å². The van der Waals surface area contributed by atoms with Crippen LogP contribution in [0.5, 0.6) is 0 Å². The van der Waals surface area contributed by atoms with Gasteiger partial charge in [-0.05, 0) is 38.7 Å². The Balaban J connectivity index is 1.97. The predicted octanol–water partition coefficient (Wildman–Crippen LogP) is 3.99. The molecule has 1 saturated carbocycles. The van der Waals surface area contributed by atoms with Crippen molar-refractivity contribution in [2.75, 3.05) is 5.32 Å². The Bertz CT molecular complexity index is 698. The standard InChI is InChI=1S/C18H23N3O/c1-4-15-17(19-18(22)13-6-5-7-13)16(21-20-15)14-9-8-11(2)10-12(14)3/h8-10,13H,4-7H2,1-3H3,(H,19,22)(H,20,21). The van der Waals surface area contributed by atoms with E-state index in [0.717, 1.165) is 48.3 Å². The number of nitrogens with zero attached hydrogens (tertiary/aromatic N) is 1. The molecule has 1 fully saturated rings. The quantitative estimate of drug-likeness (QED) is 0.896. The Hall–Kier alpha value is -2.10. The highest BCUT2D eigenvalue weighted by atomic mass is 16.1. The molecule has 2 N–H and O–H groups in total. The number of hydrogen-bond acceptors (Lipinski definition) is 2. The maximum absolute atomic E-state index is 12.3. The van der Waals surface area contributed by atoms with Gasteiger partial charge in [0.1, 0.15) is 5.69 Å². The molecule has 1 aliphatic carbocycles. The van der Waals surface area contributed by atoms with Crippen molar-refractivity contribution in [3.63, 3.8) is 0 Å². The monoisotopic (exact) mass is 297 g/mol. The van der Waals surface area contributed by atoms with Crippen LogP contribution >= 0.6 is 0 Å². The van der Waals surface area contributed by atoms with Crippen molar-refractivity contribution in [3.05, 3.63) is 35.0 Å². The van der Waals surface area contributed by atoms with E-state index in [9.17, 15) is 4.79 Å². The second-order valence-corrected chi connectivity index (χ2v) is 6.21. The molecule has 3 rings (SSSR count). The summed E-state index contributed by atoms with van der Waals surface area (Å²) in [4.78, 5) is 12.3. The van der Waals surface area contributed by atoms with Gasteiger partial charge in [-0.1, -0.05) is 37.1 Å². The van der Waals surface area contributed by atoms with E-state index in [-0.39, 0.29) is 11.8 Å². The molecule has 4 heteroatoms. The number of aryl methyl sites for hydroxylation is 3. The van der Waals surface area contributed by atoms with Gasteiger partial charge in [0, 0.05) is 11.5 Å². The number of anilines is 1. The normalized spacial score (nSPS) is 14.7. The van der Waals surface area contributed by atoms with Crippen LogP contribution in [0.15, 0.2) is 18.2 Å². The molecule has 1 heterocycles. The Labute approximate surface area is 131 Å². The summed E-state index contributed by atoms with van der Waals surface area (Å²) >= 11 is 0. The van der Waals surface area contributed by atoms with Gasteiger partial charge < -0.3 is 5.32 Å². The zero-order valence-electron chi connectivity index (χ0n) is 13.5. The van der Waals surface area contributed by atoms with E-state index < -0.39 is 0 Å². The maximum Gasteiger partial charge on any atom is 0.227 e. The van der Waals surface area contributed by atoms with Crippen LogP contribution in [0.2, 0.25) is 0 Å². The summed E-state index contributed by atoms with van der Waals surface area (Å²) in [5, 5.41) is 10.7. The molecule has 116 valence electrons. The lowest BCUT2D eigenvalue weighted by molar-refractivity contribution is -0.122. The molecular weight excluding hydrogens is 274 g/mol. The highest BCUT2D eigenvalue weighted by Gasteiger charge is 2.27. The van der Waals surface area contributed by atoms with Crippen LogP contribution in [0.3, 0.4) is 0 Å². The fourth-order valence-corrected chi connectivity index (χ4v) is 2.94. The van der Waals surface area contributed by atoms with E-state index in [2.05, 4.69) is 54.5 Å². The second-order valence-electron chi connectivity index (χ2n) is 6.21. The van der Waals surface area contributed by atoms with Gasteiger partial charge in [-0.15, -0.1) is 0 Å². The summed E-state index contributed by atoms with van der Waals surface area (Å²) in [6.45, 7) is 6.23. The molecule has 0 bridgehead atoms. The zero-order chi connectivity index (χ0) is 15.7. The summed E-state index contributed by atoms with van der Waals surface area (Å²) in [7, 11) is 0. The van der Waals surface area contributed by atoms with Crippen LogP contribution in [0.25, 0.3) is 11.3 Å². The topological polar surface area (TPSA) is 57.8 Å². The molecule has 0 atom stereocenters. The predicted molar refractivity (Wildman–Crippen MR) is 88.8 cm³/mol. The first kappa shape index (κ1) is 14.8. The minimum absolute atomic E-state index is 0.133. The summed E-state index contributed by atoms with van der Waals surface area (Å²) in [6, 6.07) is 6.31. The summed E-state index contributed by atoms with van der Waals surface area (Å²) in [6.07, 6.45) is 3.99. The number of aromatic nitrogens is 2. The fourth-order valence-electron chi connectivity index (χ4n) is 2.94. The van der Waals surface area contributed by atoms with E-state index in [0.29, 0.717) is 0 Å². The van der Waals surface area contributed by atoms with Crippen LogP contribution in [0.4, 0.5) is 5.69 Å². The molecule has 1 aromatic carbocycles. The second kappa shape index (κ2) is 5.95. The third kappa shape index (κ3) is 2.65. The zero-order valence-corrected chi connectivity index (χ0v) is 13.5. The summed E-state index contributed by atoms with van der Waals surface area (Å²) < 4.78 is 0. The molecule has 4 nitrogen and oxygen atoms in total. The number of rotatable bonds is 4. The third-order valence-electron chi connectivity index (χ3n) is 4.56. The largest absolute Gasteiger partial charge is 0.322 e. The first-order chi connectivity index (χ1) is 10.6. The maximum atomic E-state index is 12.3. The Morgan fingerprint density at radius 2 is 2.14 bits per heavy atom. The van der Waals surface area contributed by atoms with Gasteiger partial charge in [-0.2, -0.15) is 5.10 Å². The van der Waals surface area contributed by atoms with Crippen LogP contribution in [0.1, 0.15) is 43.0 Å². The number of amides is 1. The summed E-state index contributed by atoms with van der Waals surface area (Å²) in [5.41, 5.74) is 6.17. The molecule has 1 aromatic heterocycles. The lowest BCUT2D eigenvalue weighted by atomic mass is 9.84. The van der Waals surface area contributed by atoms with Crippen molar-refractivity contribution in [2.45, 2.75) is 46.5 Å². The first-order valence-electron chi connectivity index (χ1n) is 8.06. The number of nitrogens with one attached hydrogen (secondary N) is 2. The molecule has 0 saturated heterocycles. The molecule has 1 aliphatic rings. The number of H-pyrrole nitrogens is 1. The van der Waals surface area contributed by atoms with Crippen LogP contribution in [-0.4, -0.2) is 16.1 Å². The number of aromatic amines is 1. The van der Waals surface area contributed by atoms with Gasteiger partial charge in [-0.25, -0.2) is 0 Å². The minimum Gasteiger partial charge on any atom is -0.322 e. The SMILES string of the molecule is CCc1[nH]nc(-c2ccc(C)cc2C)c1NC(=O)C1CCC1. The van der Waals surface area contributed by atoms with Crippen molar-refractivity contribution >= 4 is 11.6 Å². The van der Waals surface area contributed by atoms with E-state index in [1.54, 1.807) is 0 Å². The molecule has 0 unspecified atom stereocenters. The fraction of sp³-hybridized carbons (Fsp3) is 0.444. The van der Waals surface area contributed by atoms with Crippen molar-refractivity contribution in [1.29, 1.82) is 0 Å². The van der Waals surface area contributed by atoms with Gasteiger partial charge in [0.2, 0.25) is 5.91 Å². The Morgan fingerprint density at radius 1 is 1.36 bits per heavy atom. The number of hydrogen-bond donors (Lipinski definition) is 2.